The summed E-state index contributed by atoms with van der Waals surface area (Å²) in [5, 5.41) is 0. The topological polar surface area (TPSA) is 0 Å². The number of rotatable bonds is 13. The van der Waals surface area contributed by atoms with Crippen LogP contribution in [0, 0.1) is 11.8 Å². The van der Waals surface area contributed by atoms with Crippen molar-refractivity contribution >= 4 is 35.1 Å². The van der Waals surface area contributed by atoms with Crippen molar-refractivity contribution in [1.29, 1.82) is 0 Å². The maximum atomic E-state index is 9.14. The van der Waals surface area contributed by atoms with E-state index in [-0.39, 0.29) is 7.25 Å². The molecular weight excluding hydrogens is 863 g/mol. The molecular formula is C56H61Cl2SiZr. The van der Waals surface area contributed by atoms with Gasteiger partial charge in [-0.2, -0.15) is 0 Å². The van der Waals surface area contributed by atoms with E-state index < -0.39 is 21.5 Å². The molecule has 0 heterocycles. The van der Waals surface area contributed by atoms with Gasteiger partial charge in [0.25, 0.3) is 0 Å². The summed E-state index contributed by atoms with van der Waals surface area (Å²) >= 11 is -5.15. The molecule has 0 N–H and O–H groups in total. The zero-order chi connectivity index (χ0) is 42.4. The predicted molar refractivity (Wildman–Crippen MR) is 264 cm³/mol. The molecule has 0 amide bonds. The molecule has 0 bridgehead atoms. The van der Waals surface area contributed by atoms with Crippen LogP contribution in [0.25, 0.3) is 56.7 Å². The average molecular weight is 924 g/mol. The molecule has 307 valence electrons. The van der Waals surface area contributed by atoms with E-state index in [2.05, 4.69) is 200 Å². The number of hydrogen-bond acceptors (Lipinski definition) is 0. The Morgan fingerprint density at radius 1 is 0.483 bits per heavy atom. The number of hydrogen-bond donors (Lipinski definition) is 0. The van der Waals surface area contributed by atoms with Crippen LogP contribution in [-0.2, 0) is 28.4 Å². The molecule has 0 spiro atoms. The van der Waals surface area contributed by atoms with Gasteiger partial charge in [-0.05, 0) is 0 Å². The molecule has 8 rings (SSSR count). The number of benzene rings is 6. The minimum absolute atomic E-state index is 0.0225. The fourth-order valence-corrected chi connectivity index (χ4v) is 42.0. The Bertz CT molecular complexity index is 2430. The van der Waals surface area contributed by atoms with Gasteiger partial charge < -0.3 is 0 Å². The molecule has 0 fully saturated rings. The van der Waals surface area contributed by atoms with Gasteiger partial charge in [-0.25, -0.2) is 0 Å². The third-order valence-electron chi connectivity index (χ3n) is 14.5. The van der Waals surface area contributed by atoms with E-state index in [1.807, 2.05) is 0 Å². The summed E-state index contributed by atoms with van der Waals surface area (Å²) in [7, 11) is 18.3. The summed E-state index contributed by atoms with van der Waals surface area (Å²) < 4.78 is 0.0449. The number of allylic oxidation sites excluding steroid dienone is 2. The first-order valence-electron chi connectivity index (χ1n) is 22.6. The van der Waals surface area contributed by atoms with Crippen LogP contribution < -0.4 is 0 Å². The van der Waals surface area contributed by atoms with Gasteiger partial charge in [0, 0.05) is 0 Å². The van der Waals surface area contributed by atoms with E-state index in [9.17, 15) is 0 Å². The summed E-state index contributed by atoms with van der Waals surface area (Å²) in [5.74, 6) is -1.11. The molecule has 0 radical (unpaired) electrons. The standard InChI is InChI=1S/2C27H27.C2H7Si.2ClH.Zr/c2*1-4-19(3)23-17-22-16-15-20(5-2)27(26(22)18-23)25-14-10-9-13-24(25)21-11-7-6-8-12-21;1-3-2;;;/h2*6-19H,4-5H2,1-3H3;3H,1-2H3;2*1H;/q;;;;;+2/p-2. The van der Waals surface area contributed by atoms with Crippen LogP contribution in [0.5, 0.6) is 0 Å². The van der Waals surface area contributed by atoms with Gasteiger partial charge in [-0.1, -0.05) is 0 Å². The second-order valence-corrected chi connectivity index (χ2v) is 60.4. The second-order valence-electron chi connectivity index (χ2n) is 17.9. The molecule has 4 heteroatoms. The molecule has 0 aromatic heterocycles. The molecule has 4 atom stereocenters. The first-order chi connectivity index (χ1) is 29.0. The molecule has 0 aliphatic heterocycles. The van der Waals surface area contributed by atoms with Crippen LogP contribution in [-0.4, -0.2) is 5.92 Å². The van der Waals surface area contributed by atoms with Gasteiger partial charge in [0.15, 0.2) is 0 Å². The first kappa shape index (κ1) is 43.1. The van der Waals surface area contributed by atoms with E-state index in [1.165, 1.54) is 89.0 Å². The Kier molecular flexibility index (Phi) is 12.5. The minimum atomic E-state index is -5.15. The fourth-order valence-electron chi connectivity index (χ4n) is 10.8. The van der Waals surface area contributed by atoms with Gasteiger partial charge in [0.05, 0.1) is 0 Å². The van der Waals surface area contributed by atoms with Crippen molar-refractivity contribution in [2.24, 2.45) is 11.8 Å². The number of aryl methyl sites for hydroxylation is 2. The van der Waals surface area contributed by atoms with Crippen molar-refractivity contribution in [3.63, 3.8) is 0 Å². The molecule has 0 saturated heterocycles. The van der Waals surface area contributed by atoms with E-state index >= 15 is 0 Å². The van der Waals surface area contributed by atoms with E-state index in [0.29, 0.717) is 11.8 Å². The summed E-state index contributed by atoms with van der Waals surface area (Å²) in [6.07, 6.45) is 9.16. The van der Waals surface area contributed by atoms with Gasteiger partial charge in [0.2, 0.25) is 0 Å². The Hall–Kier alpha value is -3.52. The van der Waals surface area contributed by atoms with Crippen molar-refractivity contribution in [3.05, 3.63) is 178 Å². The third kappa shape index (κ3) is 7.07. The van der Waals surface area contributed by atoms with Gasteiger partial charge in [-0.15, -0.1) is 0 Å². The quantitative estimate of drug-likeness (QED) is 0.101. The Balaban J connectivity index is 1.42. The van der Waals surface area contributed by atoms with E-state index in [4.69, 9.17) is 17.0 Å². The number of fused-ring (bicyclic) bond motifs is 2. The van der Waals surface area contributed by atoms with Crippen LogP contribution in [0.15, 0.2) is 145 Å². The predicted octanol–water partition coefficient (Wildman–Crippen LogP) is 17.1. The van der Waals surface area contributed by atoms with Crippen LogP contribution in [0.3, 0.4) is 0 Å². The molecule has 4 unspecified atom stereocenters. The molecule has 0 saturated carbocycles. The zero-order valence-corrected chi connectivity index (χ0v) is 42.0. The SMILES string of the molecule is CCc1ccc2c(c1-c1ccccc1-c1ccccc1)C=C(C(C)CC)[CH]2[Zr]([Cl])([Cl])([CH]1C(C(C)CC)=Cc2c1ccc(CC)c2-c1ccccc1-c1ccccc1)[SiH](C)C. The molecule has 6 aromatic rings. The molecule has 6 aromatic carbocycles. The fraction of sp³-hybridized carbons (Fsp3) is 0.286. The van der Waals surface area contributed by atoms with Gasteiger partial charge in [-0.3, -0.25) is 0 Å². The average Bonchev–Trinajstić information content (AvgIpc) is 3.89. The molecule has 2 aliphatic carbocycles. The van der Waals surface area contributed by atoms with Crippen molar-refractivity contribution in [2.45, 2.75) is 87.6 Å². The molecule has 60 heavy (non-hydrogen) atoms. The second kappa shape index (κ2) is 17.3. The van der Waals surface area contributed by atoms with Crippen LogP contribution in [0.4, 0.5) is 0 Å². The normalized spacial score (nSPS) is 17.7. The van der Waals surface area contributed by atoms with E-state index in [1.54, 1.807) is 0 Å². The zero-order valence-electron chi connectivity index (χ0n) is 36.8. The molecule has 2 aliphatic rings. The van der Waals surface area contributed by atoms with E-state index in [0.717, 1.165) is 25.7 Å². The summed E-state index contributed by atoms with van der Waals surface area (Å²) in [5.41, 5.74) is 21.4. The number of halogens is 2. The first-order valence-corrected chi connectivity index (χ1v) is 38.9. The summed E-state index contributed by atoms with van der Waals surface area (Å²) in [4.78, 5) is 0. The van der Waals surface area contributed by atoms with Crippen LogP contribution in [0.2, 0.25) is 13.1 Å². The molecule has 0 nitrogen and oxygen atoms in total. The van der Waals surface area contributed by atoms with Crippen LogP contribution in [0.1, 0.15) is 95.0 Å². The van der Waals surface area contributed by atoms with Crippen LogP contribution >= 0.6 is 17.0 Å². The Morgan fingerprint density at radius 2 is 0.833 bits per heavy atom. The van der Waals surface area contributed by atoms with Crippen molar-refractivity contribution in [1.82, 2.24) is 0 Å². The van der Waals surface area contributed by atoms with Gasteiger partial charge in [0.1, 0.15) is 0 Å². The van der Waals surface area contributed by atoms with Crippen molar-refractivity contribution in [2.75, 3.05) is 0 Å². The van der Waals surface area contributed by atoms with Gasteiger partial charge >= 0.3 is 373 Å². The summed E-state index contributed by atoms with van der Waals surface area (Å²) in [6.45, 7) is 19.1. The Morgan fingerprint density at radius 3 is 1.17 bits per heavy atom. The summed E-state index contributed by atoms with van der Waals surface area (Å²) in [6, 6.07) is 49.6. The monoisotopic (exact) mass is 921 g/mol. The van der Waals surface area contributed by atoms with Crippen molar-refractivity contribution in [3.8, 4) is 44.5 Å². The third-order valence-corrected chi connectivity index (χ3v) is 66.2. The van der Waals surface area contributed by atoms with Crippen molar-refractivity contribution < 1.29 is 15.6 Å². The maximum absolute atomic E-state index is 9.14. The Labute approximate surface area is 369 Å².